The molecule has 0 atom stereocenters. The van der Waals surface area contributed by atoms with Crippen molar-refractivity contribution < 1.29 is 14.3 Å². The minimum Gasteiger partial charge on any atom is -0.462 e. The van der Waals surface area contributed by atoms with E-state index in [1.807, 2.05) is 35.8 Å². The first-order valence-corrected chi connectivity index (χ1v) is 9.68. The van der Waals surface area contributed by atoms with Crippen LogP contribution >= 0.6 is 11.3 Å². The zero-order valence-corrected chi connectivity index (χ0v) is 15.3. The number of hydrogen-bond acceptors (Lipinski definition) is 4. The summed E-state index contributed by atoms with van der Waals surface area (Å²) in [7, 11) is 0. The van der Waals surface area contributed by atoms with Crippen molar-refractivity contribution in [2.75, 3.05) is 11.9 Å². The number of ether oxygens (including phenoxy) is 1. The Morgan fingerprint density at radius 1 is 1.31 bits per heavy atom. The van der Waals surface area contributed by atoms with Crippen molar-refractivity contribution in [1.29, 1.82) is 0 Å². The van der Waals surface area contributed by atoms with Crippen molar-refractivity contribution in [1.82, 2.24) is 4.98 Å². The van der Waals surface area contributed by atoms with Gasteiger partial charge in [-0.2, -0.15) is 0 Å². The smallest absolute Gasteiger partial charge is 0.341 e. The molecule has 2 heterocycles. The van der Waals surface area contributed by atoms with Gasteiger partial charge in [-0.15, -0.1) is 11.3 Å². The third-order valence-corrected chi connectivity index (χ3v) is 5.51. The molecule has 1 aliphatic carbocycles. The molecule has 1 aliphatic rings. The lowest BCUT2D eigenvalue weighted by Crippen LogP contribution is -2.16. The molecule has 6 heteroatoms. The summed E-state index contributed by atoms with van der Waals surface area (Å²) in [6.07, 6.45) is 4.29. The predicted octanol–water partition coefficient (Wildman–Crippen LogP) is 4.46. The fourth-order valence-electron chi connectivity index (χ4n) is 3.19. The van der Waals surface area contributed by atoms with Crippen LogP contribution in [0, 0.1) is 0 Å². The second kappa shape index (κ2) is 6.96. The fraction of sp³-hybridized carbons (Fsp3) is 0.300. The van der Waals surface area contributed by atoms with Gasteiger partial charge >= 0.3 is 5.97 Å². The second-order valence-corrected chi connectivity index (χ2v) is 7.35. The van der Waals surface area contributed by atoms with E-state index in [2.05, 4.69) is 10.3 Å². The number of nitrogens with one attached hydrogen (secondary N) is 2. The molecule has 1 aromatic carbocycles. The second-order valence-electron chi connectivity index (χ2n) is 6.47. The molecule has 3 aromatic rings. The summed E-state index contributed by atoms with van der Waals surface area (Å²) in [5.41, 5.74) is 3.49. The number of benzene rings is 1. The van der Waals surface area contributed by atoms with Crippen molar-refractivity contribution >= 4 is 39.1 Å². The molecule has 134 valence electrons. The van der Waals surface area contributed by atoms with Crippen LogP contribution in [0.15, 0.2) is 35.8 Å². The van der Waals surface area contributed by atoms with Gasteiger partial charge in [0.25, 0.3) is 0 Å². The lowest BCUT2D eigenvalue weighted by atomic mass is 10.1. The number of para-hydroxylation sites is 1. The van der Waals surface area contributed by atoms with Gasteiger partial charge in [0.15, 0.2) is 0 Å². The summed E-state index contributed by atoms with van der Waals surface area (Å²) in [6.45, 7) is 2.11. The SMILES string of the molecule is CCOC(=O)c1c(C2CC2)csc1NC(=O)Cc1c[nH]c2ccccc12. The lowest BCUT2D eigenvalue weighted by Gasteiger charge is -2.08. The molecule has 0 spiro atoms. The summed E-state index contributed by atoms with van der Waals surface area (Å²) in [6, 6.07) is 7.89. The lowest BCUT2D eigenvalue weighted by molar-refractivity contribution is -0.115. The van der Waals surface area contributed by atoms with Crippen LogP contribution in [0.25, 0.3) is 10.9 Å². The fourth-order valence-corrected chi connectivity index (χ4v) is 4.24. The first kappa shape index (κ1) is 16.8. The third kappa shape index (κ3) is 3.24. The molecular formula is C20H20N2O3S. The van der Waals surface area contributed by atoms with Crippen LogP contribution in [0.4, 0.5) is 5.00 Å². The Morgan fingerprint density at radius 2 is 2.12 bits per heavy atom. The summed E-state index contributed by atoms with van der Waals surface area (Å²) in [5.74, 6) is -0.0625. The Hall–Kier alpha value is -2.60. The Labute approximate surface area is 155 Å². The molecule has 0 saturated heterocycles. The van der Waals surface area contributed by atoms with Crippen LogP contribution in [0.3, 0.4) is 0 Å². The molecule has 0 radical (unpaired) electrons. The molecule has 4 rings (SSSR count). The molecule has 2 aromatic heterocycles. The summed E-state index contributed by atoms with van der Waals surface area (Å²) >= 11 is 1.40. The molecule has 26 heavy (non-hydrogen) atoms. The topological polar surface area (TPSA) is 71.2 Å². The van der Waals surface area contributed by atoms with Crippen LogP contribution in [-0.4, -0.2) is 23.5 Å². The van der Waals surface area contributed by atoms with Gasteiger partial charge in [-0.3, -0.25) is 4.79 Å². The molecule has 0 bridgehead atoms. The number of aromatic nitrogens is 1. The zero-order chi connectivity index (χ0) is 18.1. The molecule has 1 saturated carbocycles. The van der Waals surface area contributed by atoms with Crippen LogP contribution in [0.1, 0.15) is 47.2 Å². The van der Waals surface area contributed by atoms with Gasteiger partial charge in [-0.05, 0) is 48.3 Å². The van der Waals surface area contributed by atoms with E-state index in [-0.39, 0.29) is 18.3 Å². The Morgan fingerprint density at radius 3 is 2.88 bits per heavy atom. The van der Waals surface area contributed by atoms with Crippen molar-refractivity contribution in [2.24, 2.45) is 0 Å². The number of H-pyrrole nitrogens is 1. The maximum absolute atomic E-state index is 12.6. The number of aromatic amines is 1. The standard InChI is InChI=1S/C20H20N2O3S/c1-2-25-20(24)18-15(12-7-8-12)11-26-19(18)22-17(23)9-13-10-21-16-6-4-3-5-14(13)16/h3-6,10-12,21H,2,7-9H2,1H3,(H,22,23). The van der Waals surface area contributed by atoms with Gasteiger partial charge in [-0.1, -0.05) is 18.2 Å². The highest BCUT2D eigenvalue weighted by Gasteiger charge is 2.32. The van der Waals surface area contributed by atoms with Gasteiger partial charge in [-0.25, -0.2) is 4.79 Å². The molecule has 1 fully saturated rings. The maximum Gasteiger partial charge on any atom is 0.341 e. The minimum atomic E-state index is -0.349. The highest BCUT2D eigenvalue weighted by molar-refractivity contribution is 7.15. The summed E-state index contributed by atoms with van der Waals surface area (Å²) in [5, 5.41) is 6.53. The number of carbonyl (C=O) groups excluding carboxylic acids is 2. The number of amides is 1. The van der Waals surface area contributed by atoms with Crippen LogP contribution < -0.4 is 5.32 Å². The summed E-state index contributed by atoms with van der Waals surface area (Å²) in [4.78, 5) is 28.1. The Balaban J connectivity index is 1.55. The first-order chi connectivity index (χ1) is 12.7. The van der Waals surface area contributed by atoms with Crippen molar-refractivity contribution in [2.45, 2.75) is 32.1 Å². The Bertz CT molecular complexity index is 969. The van der Waals surface area contributed by atoms with E-state index in [4.69, 9.17) is 4.74 Å². The van der Waals surface area contributed by atoms with Crippen LogP contribution in [-0.2, 0) is 16.0 Å². The monoisotopic (exact) mass is 368 g/mol. The van der Waals surface area contributed by atoms with E-state index in [1.165, 1.54) is 11.3 Å². The van der Waals surface area contributed by atoms with E-state index in [0.717, 1.165) is 34.9 Å². The van der Waals surface area contributed by atoms with E-state index in [0.29, 0.717) is 23.1 Å². The molecular weight excluding hydrogens is 348 g/mol. The maximum atomic E-state index is 12.6. The number of anilines is 1. The van der Waals surface area contributed by atoms with E-state index in [1.54, 1.807) is 6.92 Å². The van der Waals surface area contributed by atoms with Gasteiger partial charge < -0.3 is 15.0 Å². The van der Waals surface area contributed by atoms with Gasteiger partial charge in [0.2, 0.25) is 5.91 Å². The Kier molecular flexibility index (Phi) is 4.51. The zero-order valence-electron chi connectivity index (χ0n) is 14.5. The third-order valence-electron chi connectivity index (χ3n) is 4.60. The van der Waals surface area contributed by atoms with E-state index >= 15 is 0 Å². The van der Waals surface area contributed by atoms with E-state index < -0.39 is 0 Å². The summed E-state index contributed by atoms with van der Waals surface area (Å²) < 4.78 is 5.20. The molecule has 5 nitrogen and oxygen atoms in total. The highest BCUT2D eigenvalue weighted by Crippen LogP contribution is 2.46. The number of thiophene rings is 1. The number of rotatable bonds is 6. The molecule has 2 N–H and O–H groups in total. The van der Waals surface area contributed by atoms with Gasteiger partial charge in [0, 0.05) is 17.1 Å². The average molecular weight is 368 g/mol. The van der Waals surface area contributed by atoms with Gasteiger partial charge in [0.1, 0.15) is 5.00 Å². The highest BCUT2D eigenvalue weighted by atomic mass is 32.1. The van der Waals surface area contributed by atoms with Crippen LogP contribution in [0.2, 0.25) is 0 Å². The first-order valence-electron chi connectivity index (χ1n) is 8.80. The largest absolute Gasteiger partial charge is 0.462 e. The number of carbonyl (C=O) groups is 2. The van der Waals surface area contributed by atoms with Crippen LogP contribution in [0.5, 0.6) is 0 Å². The van der Waals surface area contributed by atoms with E-state index in [9.17, 15) is 9.59 Å². The number of fused-ring (bicyclic) bond motifs is 1. The van der Waals surface area contributed by atoms with Crippen molar-refractivity contribution in [3.63, 3.8) is 0 Å². The molecule has 0 unspecified atom stereocenters. The average Bonchev–Trinajstić information content (AvgIpc) is 3.28. The van der Waals surface area contributed by atoms with Gasteiger partial charge in [0.05, 0.1) is 18.6 Å². The molecule has 1 amide bonds. The minimum absolute atomic E-state index is 0.135. The van der Waals surface area contributed by atoms with Crippen molar-refractivity contribution in [3.05, 3.63) is 52.5 Å². The van der Waals surface area contributed by atoms with Crippen molar-refractivity contribution in [3.8, 4) is 0 Å². The number of esters is 1. The number of hydrogen-bond donors (Lipinski definition) is 2. The molecule has 0 aliphatic heterocycles. The predicted molar refractivity (Wildman–Crippen MR) is 103 cm³/mol. The normalized spacial score (nSPS) is 13.7. The quantitative estimate of drug-likeness (QED) is 0.631.